The van der Waals surface area contributed by atoms with Crippen LogP contribution in [0.4, 0.5) is 0 Å². The number of piperidine rings is 1. The highest BCUT2D eigenvalue weighted by Gasteiger charge is 2.41. The molecule has 1 atom stereocenters. The van der Waals surface area contributed by atoms with Crippen LogP contribution in [0.2, 0.25) is 0 Å². The molecule has 2 aliphatic heterocycles. The molecule has 0 radical (unpaired) electrons. The predicted octanol–water partition coefficient (Wildman–Crippen LogP) is 0.957. The number of rotatable bonds is 2. The predicted molar refractivity (Wildman–Crippen MR) is 76.5 cm³/mol. The van der Waals surface area contributed by atoms with Gasteiger partial charge in [0, 0.05) is 31.6 Å². The van der Waals surface area contributed by atoms with Crippen molar-refractivity contribution >= 4 is 17.8 Å². The van der Waals surface area contributed by atoms with Gasteiger partial charge in [0.25, 0.3) is 0 Å². The van der Waals surface area contributed by atoms with E-state index in [0.29, 0.717) is 32.5 Å². The van der Waals surface area contributed by atoms with Crippen molar-refractivity contribution in [2.24, 2.45) is 11.8 Å². The zero-order chi connectivity index (χ0) is 15.8. The molecule has 6 heteroatoms. The fourth-order valence-electron chi connectivity index (χ4n) is 3.13. The average molecular weight is 296 g/mol. The first-order chi connectivity index (χ1) is 9.70. The number of aliphatic carboxylic acids is 1. The molecular formula is C15H24N2O4. The van der Waals surface area contributed by atoms with Crippen molar-refractivity contribution in [3.63, 3.8) is 0 Å². The Hall–Kier alpha value is -1.59. The van der Waals surface area contributed by atoms with E-state index in [1.165, 1.54) is 0 Å². The van der Waals surface area contributed by atoms with E-state index >= 15 is 0 Å². The lowest BCUT2D eigenvalue weighted by molar-refractivity contribution is -0.146. The van der Waals surface area contributed by atoms with Crippen molar-refractivity contribution in [3.8, 4) is 0 Å². The van der Waals surface area contributed by atoms with Gasteiger partial charge >= 0.3 is 5.97 Å². The Morgan fingerprint density at radius 3 is 2.14 bits per heavy atom. The number of nitrogens with zero attached hydrogens (tertiary/aromatic N) is 2. The number of carbonyl (C=O) groups excluding carboxylic acids is 2. The van der Waals surface area contributed by atoms with Crippen LogP contribution in [0.5, 0.6) is 0 Å². The number of carboxylic acids is 1. The van der Waals surface area contributed by atoms with E-state index in [0.717, 1.165) is 0 Å². The first-order valence-corrected chi connectivity index (χ1v) is 7.52. The molecule has 0 aromatic carbocycles. The maximum absolute atomic E-state index is 12.5. The summed E-state index contributed by atoms with van der Waals surface area (Å²) in [5.41, 5.74) is -0.261. The maximum Gasteiger partial charge on any atom is 0.306 e. The van der Waals surface area contributed by atoms with Crippen molar-refractivity contribution < 1.29 is 19.5 Å². The van der Waals surface area contributed by atoms with Gasteiger partial charge in [-0.05, 0) is 33.6 Å². The Kier molecular flexibility index (Phi) is 4.25. The van der Waals surface area contributed by atoms with Gasteiger partial charge in [0.15, 0.2) is 0 Å². The Morgan fingerprint density at radius 2 is 1.71 bits per heavy atom. The first-order valence-electron chi connectivity index (χ1n) is 7.52. The number of likely N-dealkylation sites (tertiary alicyclic amines) is 2. The van der Waals surface area contributed by atoms with E-state index in [9.17, 15) is 14.4 Å². The Balaban J connectivity index is 1.94. The number of hydrogen-bond donors (Lipinski definition) is 1. The second-order valence-electron chi connectivity index (χ2n) is 7.01. The topological polar surface area (TPSA) is 77.9 Å². The lowest BCUT2D eigenvalue weighted by atomic mass is 9.95. The van der Waals surface area contributed by atoms with E-state index in [1.54, 1.807) is 9.80 Å². The number of carbonyl (C=O) groups is 3. The largest absolute Gasteiger partial charge is 0.481 e. The summed E-state index contributed by atoms with van der Waals surface area (Å²) in [5.74, 6) is -1.37. The van der Waals surface area contributed by atoms with Gasteiger partial charge in [-0.3, -0.25) is 14.4 Å². The summed E-state index contributed by atoms with van der Waals surface area (Å²) in [6, 6.07) is 0. The van der Waals surface area contributed by atoms with Crippen molar-refractivity contribution in [2.45, 2.75) is 45.6 Å². The summed E-state index contributed by atoms with van der Waals surface area (Å²) >= 11 is 0. The molecule has 2 fully saturated rings. The van der Waals surface area contributed by atoms with E-state index < -0.39 is 5.97 Å². The third-order valence-corrected chi connectivity index (χ3v) is 4.44. The fraction of sp³-hybridized carbons (Fsp3) is 0.800. The molecule has 1 N–H and O–H groups in total. The Morgan fingerprint density at radius 1 is 1.14 bits per heavy atom. The molecule has 0 saturated carbocycles. The highest BCUT2D eigenvalue weighted by Crippen LogP contribution is 2.28. The standard InChI is InChI=1S/C15H24N2O4/c1-15(2,3)17-9-11(8-12(17)18)13(19)16-6-4-10(5-7-16)14(20)21/h10-11H,4-9H2,1-3H3,(H,20,21)/t11-/m1/s1. The lowest BCUT2D eigenvalue weighted by Gasteiger charge is -2.34. The van der Waals surface area contributed by atoms with E-state index in [-0.39, 0.29) is 35.6 Å². The van der Waals surface area contributed by atoms with Crippen LogP contribution in [-0.2, 0) is 14.4 Å². The SMILES string of the molecule is CC(C)(C)N1C[C@H](C(=O)N2CCC(C(=O)O)CC2)CC1=O. The normalized spacial score (nSPS) is 24.5. The van der Waals surface area contributed by atoms with Crippen LogP contribution >= 0.6 is 0 Å². The molecule has 2 heterocycles. The van der Waals surface area contributed by atoms with Crippen molar-refractivity contribution in [3.05, 3.63) is 0 Å². The van der Waals surface area contributed by atoms with Gasteiger partial charge in [-0.25, -0.2) is 0 Å². The highest BCUT2D eigenvalue weighted by molar-refractivity contribution is 5.89. The van der Waals surface area contributed by atoms with E-state index in [1.807, 2.05) is 20.8 Å². The second-order valence-corrected chi connectivity index (χ2v) is 7.01. The van der Waals surface area contributed by atoms with Crippen molar-refractivity contribution in [1.29, 1.82) is 0 Å². The number of carboxylic acid groups (broad SMARTS) is 1. The molecule has 21 heavy (non-hydrogen) atoms. The third-order valence-electron chi connectivity index (χ3n) is 4.44. The minimum absolute atomic E-state index is 0.000983. The van der Waals surface area contributed by atoms with Crippen LogP contribution in [0.1, 0.15) is 40.0 Å². The van der Waals surface area contributed by atoms with Gasteiger partial charge in [0.2, 0.25) is 11.8 Å². The molecule has 2 rings (SSSR count). The molecule has 0 unspecified atom stereocenters. The Labute approximate surface area is 125 Å². The average Bonchev–Trinajstić information content (AvgIpc) is 2.80. The van der Waals surface area contributed by atoms with Gasteiger partial charge in [0.1, 0.15) is 0 Å². The summed E-state index contributed by atoms with van der Waals surface area (Å²) in [4.78, 5) is 38.9. The van der Waals surface area contributed by atoms with Crippen LogP contribution < -0.4 is 0 Å². The quantitative estimate of drug-likeness (QED) is 0.823. The Bertz CT molecular complexity index is 447. The van der Waals surface area contributed by atoms with Crippen molar-refractivity contribution in [2.75, 3.05) is 19.6 Å². The second kappa shape index (κ2) is 5.66. The summed E-state index contributed by atoms with van der Waals surface area (Å²) in [6.07, 6.45) is 1.28. The van der Waals surface area contributed by atoms with Gasteiger partial charge in [-0.15, -0.1) is 0 Å². The van der Waals surface area contributed by atoms with Gasteiger partial charge in [-0.1, -0.05) is 0 Å². The number of amides is 2. The molecule has 2 saturated heterocycles. The summed E-state index contributed by atoms with van der Waals surface area (Å²) < 4.78 is 0. The van der Waals surface area contributed by atoms with E-state index in [2.05, 4.69) is 0 Å². The molecule has 0 spiro atoms. The minimum atomic E-state index is -0.781. The highest BCUT2D eigenvalue weighted by atomic mass is 16.4. The molecule has 0 bridgehead atoms. The van der Waals surface area contributed by atoms with Crippen LogP contribution in [0.25, 0.3) is 0 Å². The van der Waals surface area contributed by atoms with E-state index in [4.69, 9.17) is 5.11 Å². The van der Waals surface area contributed by atoms with Gasteiger partial charge in [0.05, 0.1) is 11.8 Å². The molecule has 6 nitrogen and oxygen atoms in total. The lowest BCUT2D eigenvalue weighted by Crippen LogP contribution is -2.45. The summed E-state index contributed by atoms with van der Waals surface area (Å²) in [7, 11) is 0. The van der Waals surface area contributed by atoms with Crippen LogP contribution in [0.15, 0.2) is 0 Å². The molecule has 0 aromatic heterocycles. The maximum atomic E-state index is 12.5. The summed E-state index contributed by atoms with van der Waals surface area (Å²) in [5, 5.41) is 8.98. The molecule has 0 aliphatic carbocycles. The van der Waals surface area contributed by atoms with Crippen LogP contribution in [-0.4, -0.2) is 57.9 Å². The van der Waals surface area contributed by atoms with Crippen LogP contribution in [0.3, 0.4) is 0 Å². The minimum Gasteiger partial charge on any atom is -0.481 e. The fourth-order valence-corrected chi connectivity index (χ4v) is 3.13. The molecule has 2 amide bonds. The zero-order valence-electron chi connectivity index (χ0n) is 13.0. The smallest absolute Gasteiger partial charge is 0.306 e. The monoisotopic (exact) mass is 296 g/mol. The molecule has 2 aliphatic rings. The van der Waals surface area contributed by atoms with Crippen molar-refractivity contribution in [1.82, 2.24) is 9.80 Å². The third kappa shape index (κ3) is 3.36. The summed E-state index contributed by atoms with van der Waals surface area (Å²) in [6.45, 7) is 7.34. The van der Waals surface area contributed by atoms with Gasteiger partial charge in [-0.2, -0.15) is 0 Å². The molecular weight excluding hydrogens is 272 g/mol. The number of hydrogen-bond acceptors (Lipinski definition) is 3. The first kappa shape index (κ1) is 15.8. The van der Waals surface area contributed by atoms with Gasteiger partial charge < -0.3 is 14.9 Å². The molecule has 118 valence electrons. The van der Waals surface area contributed by atoms with Crippen LogP contribution in [0, 0.1) is 11.8 Å². The zero-order valence-corrected chi connectivity index (χ0v) is 13.0. The molecule has 0 aromatic rings.